The van der Waals surface area contributed by atoms with Gasteiger partial charge in [0.1, 0.15) is 13.1 Å². The lowest BCUT2D eigenvalue weighted by Crippen LogP contribution is -2.37. The van der Waals surface area contributed by atoms with Gasteiger partial charge in [-0.05, 0) is 38.2 Å². The van der Waals surface area contributed by atoms with Crippen molar-refractivity contribution in [3.8, 4) is 0 Å². The van der Waals surface area contributed by atoms with Gasteiger partial charge in [-0.2, -0.15) is 13.2 Å². The Labute approximate surface area is 131 Å². The molecule has 0 unspecified atom stereocenters. The highest BCUT2D eigenvalue weighted by atomic mass is 19.4. The second-order valence-corrected chi connectivity index (χ2v) is 6.30. The van der Waals surface area contributed by atoms with Crippen molar-refractivity contribution in [1.82, 2.24) is 40.1 Å². The zero-order valence-corrected chi connectivity index (χ0v) is 13.4. The van der Waals surface area contributed by atoms with Crippen LogP contribution in [0.15, 0.2) is 6.20 Å². The molecule has 0 N–H and O–H groups in total. The molecule has 0 aliphatic rings. The van der Waals surface area contributed by atoms with E-state index in [2.05, 4.69) is 51.5 Å². The van der Waals surface area contributed by atoms with Gasteiger partial charge in [0, 0.05) is 12.1 Å². The zero-order chi connectivity index (χ0) is 17.3. The molecule has 0 fully saturated rings. The van der Waals surface area contributed by atoms with Gasteiger partial charge in [-0.15, -0.1) is 10.2 Å². The van der Waals surface area contributed by atoms with Crippen molar-refractivity contribution < 1.29 is 13.2 Å². The minimum Gasteiger partial charge on any atom is -0.296 e. The van der Waals surface area contributed by atoms with Gasteiger partial charge < -0.3 is 0 Å². The van der Waals surface area contributed by atoms with E-state index in [4.69, 9.17) is 0 Å². The molecular formula is C12H19F3N8. The summed E-state index contributed by atoms with van der Waals surface area (Å²) < 4.78 is 39.5. The Hall–Kier alpha value is -2.04. The summed E-state index contributed by atoms with van der Waals surface area (Å²) in [5.41, 5.74) is 0.692. The first-order valence-corrected chi connectivity index (χ1v) is 6.96. The van der Waals surface area contributed by atoms with E-state index in [0.717, 1.165) is 5.69 Å². The monoisotopic (exact) mass is 332 g/mol. The van der Waals surface area contributed by atoms with Crippen molar-refractivity contribution in [2.24, 2.45) is 0 Å². The first kappa shape index (κ1) is 17.3. The van der Waals surface area contributed by atoms with Crippen LogP contribution < -0.4 is 0 Å². The van der Waals surface area contributed by atoms with Gasteiger partial charge in [0.25, 0.3) is 0 Å². The molecule has 23 heavy (non-hydrogen) atoms. The first-order valence-electron chi connectivity index (χ1n) is 6.96. The van der Waals surface area contributed by atoms with Crippen LogP contribution in [0.1, 0.15) is 32.3 Å². The van der Waals surface area contributed by atoms with Crippen molar-refractivity contribution in [2.75, 3.05) is 7.05 Å². The third-order valence-corrected chi connectivity index (χ3v) is 3.37. The Kier molecular flexibility index (Phi) is 4.68. The van der Waals surface area contributed by atoms with Crippen LogP contribution in [0.4, 0.5) is 13.2 Å². The van der Waals surface area contributed by atoms with E-state index in [1.54, 1.807) is 6.20 Å². The van der Waals surface area contributed by atoms with E-state index in [1.807, 2.05) is 7.05 Å². The average molecular weight is 332 g/mol. The third kappa shape index (κ3) is 4.98. The summed E-state index contributed by atoms with van der Waals surface area (Å²) in [5.74, 6) is 0.0722. The second-order valence-electron chi connectivity index (χ2n) is 6.30. The number of halogens is 3. The normalized spacial score (nSPS) is 13.0. The molecule has 0 bridgehead atoms. The highest BCUT2D eigenvalue weighted by Gasteiger charge is 2.30. The van der Waals surface area contributed by atoms with E-state index in [0.29, 0.717) is 11.2 Å². The van der Waals surface area contributed by atoms with Crippen LogP contribution in [0.2, 0.25) is 0 Å². The first-order chi connectivity index (χ1) is 10.5. The number of alkyl halides is 3. The highest BCUT2D eigenvalue weighted by molar-refractivity contribution is 4.95. The molecule has 11 heteroatoms. The average Bonchev–Trinajstić information content (AvgIpc) is 2.97. The lowest BCUT2D eigenvalue weighted by atomic mass is 10.1. The Balaban J connectivity index is 2.04. The van der Waals surface area contributed by atoms with E-state index >= 15 is 0 Å². The largest absolute Gasteiger partial charge is 0.408 e. The fraction of sp³-hybridized carbons (Fsp3) is 0.750. The number of hydrogen-bond acceptors (Lipinski definition) is 6. The topological polar surface area (TPSA) is 77.5 Å². The van der Waals surface area contributed by atoms with Crippen molar-refractivity contribution in [3.63, 3.8) is 0 Å². The summed E-state index contributed by atoms with van der Waals surface area (Å²) in [5, 5.41) is 18.2. The molecular weight excluding hydrogens is 313 g/mol. The summed E-state index contributed by atoms with van der Waals surface area (Å²) in [7, 11) is 1.96. The van der Waals surface area contributed by atoms with Crippen LogP contribution in [0.5, 0.6) is 0 Å². The maximum atomic E-state index is 12.4. The molecule has 2 aromatic heterocycles. The Morgan fingerprint density at radius 2 is 1.83 bits per heavy atom. The third-order valence-electron chi connectivity index (χ3n) is 3.37. The van der Waals surface area contributed by atoms with E-state index in [-0.39, 0.29) is 17.9 Å². The smallest absolute Gasteiger partial charge is 0.296 e. The number of rotatable bonds is 5. The second kappa shape index (κ2) is 6.22. The van der Waals surface area contributed by atoms with Crippen molar-refractivity contribution in [2.45, 2.75) is 52.1 Å². The molecule has 2 heterocycles. The Morgan fingerprint density at radius 3 is 2.43 bits per heavy atom. The summed E-state index contributed by atoms with van der Waals surface area (Å²) in [6, 6.07) is 0. The zero-order valence-electron chi connectivity index (χ0n) is 13.4. The molecule has 0 saturated heterocycles. The van der Waals surface area contributed by atoms with Crippen molar-refractivity contribution >= 4 is 0 Å². The molecule has 2 rings (SSSR count). The van der Waals surface area contributed by atoms with E-state index in [9.17, 15) is 13.2 Å². The van der Waals surface area contributed by atoms with Crippen molar-refractivity contribution in [1.29, 1.82) is 0 Å². The number of aromatic nitrogens is 7. The maximum absolute atomic E-state index is 12.4. The van der Waals surface area contributed by atoms with Gasteiger partial charge in [-0.25, -0.2) is 9.36 Å². The highest BCUT2D eigenvalue weighted by Crippen LogP contribution is 2.17. The molecule has 8 nitrogen and oxygen atoms in total. The molecule has 0 saturated carbocycles. The molecule has 0 aromatic carbocycles. The van der Waals surface area contributed by atoms with Gasteiger partial charge in [-0.1, -0.05) is 5.21 Å². The quantitative estimate of drug-likeness (QED) is 0.816. The molecule has 2 aromatic rings. The van der Waals surface area contributed by atoms with Gasteiger partial charge in [-0.3, -0.25) is 4.90 Å². The molecule has 0 spiro atoms. The Bertz CT molecular complexity index is 639. The SMILES string of the molecule is CN(Cc1cn(Cc2nnnn2CC(F)(F)F)nn1)C(C)(C)C. The van der Waals surface area contributed by atoms with Gasteiger partial charge in [0.05, 0.1) is 11.9 Å². The van der Waals surface area contributed by atoms with Crippen LogP contribution in [-0.4, -0.2) is 58.9 Å². The predicted molar refractivity (Wildman–Crippen MR) is 74.2 cm³/mol. The van der Waals surface area contributed by atoms with Gasteiger partial charge in [0.2, 0.25) is 0 Å². The molecule has 0 amide bonds. The molecule has 0 aliphatic carbocycles. The van der Waals surface area contributed by atoms with Crippen LogP contribution in [0.3, 0.4) is 0 Å². The minimum absolute atomic E-state index is 0.0231. The molecule has 0 radical (unpaired) electrons. The van der Waals surface area contributed by atoms with Gasteiger partial charge >= 0.3 is 6.18 Å². The van der Waals surface area contributed by atoms with Crippen molar-refractivity contribution in [3.05, 3.63) is 17.7 Å². The van der Waals surface area contributed by atoms with E-state index in [1.165, 1.54) is 4.68 Å². The number of tetrazole rings is 1. The molecule has 0 atom stereocenters. The summed E-state index contributed by atoms with van der Waals surface area (Å²) in [6.45, 7) is 5.59. The minimum atomic E-state index is -4.38. The van der Waals surface area contributed by atoms with Crippen LogP contribution in [0, 0.1) is 0 Å². The maximum Gasteiger partial charge on any atom is 0.408 e. The number of hydrogen-bond donors (Lipinski definition) is 0. The summed E-state index contributed by atoms with van der Waals surface area (Å²) in [6.07, 6.45) is -2.71. The van der Waals surface area contributed by atoms with Gasteiger partial charge in [0.15, 0.2) is 5.82 Å². The van der Waals surface area contributed by atoms with Crippen LogP contribution >= 0.6 is 0 Å². The fourth-order valence-electron chi connectivity index (χ4n) is 1.74. The van der Waals surface area contributed by atoms with Crippen LogP contribution in [0.25, 0.3) is 0 Å². The van der Waals surface area contributed by atoms with Crippen LogP contribution in [-0.2, 0) is 19.6 Å². The Morgan fingerprint density at radius 1 is 1.13 bits per heavy atom. The number of nitrogens with zero attached hydrogens (tertiary/aromatic N) is 8. The lowest BCUT2D eigenvalue weighted by Gasteiger charge is -2.30. The summed E-state index contributed by atoms with van der Waals surface area (Å²) in [4.78, 5) is 2.09. The lowest BCUT2D eigenvalue weighted by molar-refractivity contribution is -0.143. The predicted octanol–water partition coefficient (Wildman–Crippen LogP) is 1.11. The fourth-order valence-corrected chi connectivity index (χ4v) is 1.74. The summed E-state index contributed by atoms with van der Waals surface area (Å²) >= 11 is 0. The standard InChI is InChI=1S/C12H19F3N8/c1-11(2,3)21(4)5-9-6-22(19-16-9)7-10-17-18-20-23(10)8-12(13,14)15/h6H,5,7-8H2,1-4H3. The molecule has 0 aliphatic heterocycles. The molecule has 128 valence electrons. The van der Waals surface area contributed by atoms with E-state index < -0.39 is 12.7 Å².